The topological polar surface area (TPSA) is 116 Å². The highest BCUT2D eigenvalue weighted by Gasteiger charge is 2.37. The third-order valence-corrected chi connectivity index (χ3v) is 6.83. The molecule has 1 aliphatic heterocycles. The van der Waals surface area contributed by atoms with E-state index in [2.05, 4.69) is 0 Å². The average molecular weight is 486 g/mol. The summed E-state index contributed by atoms with van der Waals surface area (Å²) in [5, 5.41) is 22.3. The molecule has 0 N–H and O–H groups in total. The highest BCUT2D eigenvalue weighted by atomic mass is 32.2. The number of carbonyl (C=O) groups excluding carboxylic acids is 1. The number of benzene rings is 2. The summed E-state index contributed by atoms with van der Waals surface area (Å²) in [6.07, 6.45) is 7.00. The Balaban J connectivity index is 1.56. The van der Waals surface area contributed by atoms with Gasteiger partial charge < -0.3 is 4.74 Å². The molecule has 0 spiro atoms. The van der Waals surface area contributed by atoms with Gasteiger partial charge in [-0.05, 0) is 42.7 Å². The minimum Gasteiger partial charge on any atom is -0.450 e. The van der Waals surface area contributed by atoms with Crippen molar-refractivity contribution in [1.82, 2.24) is 4.90 Å². The number of hydrogen-bond acceptors (Lipinski definition) is 8. The van der Waals surface area contributed by atoms with Crippen LogP contribution >= 0.6 is 24.0 Å². The van der Waals surface area contributed by atoms with Gasteiger partial charge in [-0.2, -0.15) is 0 Å². The van der Waals surface area contributed by atoms with Crippen LogP contribution in [0.2, 0.25) is 0 Å². The molecule has 1 amide bonds. The summed E-state index contributed by atoms with van der Waals surface area (Å²) < 4.78 is 6.22. The SMILES string of the molecule is O=C1C(=Cc2cccc(Oc3ccc([N+](=O)[O-])cc3[N+](=O)[O-])c2)SC(=S)N1C1CCCCC1. The Hall–Kier alpha value is -3.31. The van der Waals surface area contributed by atoms with E-state index < -0.39 is 21.2 Å². The molecular weight excluding hydrogens is 466 g/mol. The van der Waals surface area contributed by atoms with Crippen molar-refractivity contribution < 1.29 is 19.4 Å². The number of ether oxygens (including phenoxy) is 1. The number of non-ortho nitro benzene ring substituents is 1. The van der Waals surface area contributed by atoms with Crippen molar-refractivity contribution in [3.05, 3.63) is 73.2 Å². The van der Waals surface area contributed by atoms with E-state index in [0.717, 1.165) is 37.8 Å². The van der Waals surface area contributed by atoms with Crippen molar-refractivity contribution in [2.75, 3.05) is 0 Å². The van der Waals surface area contributed by atoms with Gasteiger partial charge in [0.15, 0.2) is 0 Å². The molecule has 9 nitrogen and oxygen atoms in total. The first kappa shape index (κ1) is 22.9. The van der Waals surface area contributed by atoms with Gasteiger partial charge in [-0.1, -0.05) is 55.4 Å². The van der Waals surface area contributed by atoms with Crippen molar-refractivity contribution >= 4 is 51.7 Å². The number of amides is 1. The molecule has 2 aliphatic rings. The molecule has 0 atom stereocenters. The maximum Gasteiger partial charge on any atom is 0.318 e. The van der Waals surface area contributed by atoms with Gasteiger partial charge in [-0.15, -0.1) is 0 Å². The van der Waals surface area contributed by atoms with E-state index in [1.54, 1.807) is 35.2 Å². The first-order valence-corrected chi connectivity index (χ1v) is 11.5. The van der Waals surface area contributed by atoms with Crippen LogP contribution in [0.3, 0.4) is 0 Å². The monoisotopic (exact) mass is 485 g/mol. The van der Waals surface area contributed by atoms with Crippen LogP contribution in [0.1, 0.15) is 37.7 Å². The van der Waals surface area contributed by atoms with Crippen LogP contribution in [0.4, 0.5) is 11.4 Å². The van der Waals surface area contributed by atoms with Crippen LogP contribution in [-0.2, 0) is 4.79 Å². The van der Waals surface area contributed by atoms with Crippen molar-refractivity contribution in [2.24, 2.45) is 0 Å². The van der Waals surface area contributed by atoms with E-state index in [0.29, 0.717) is 20.5 Å². The quantitative estimate of drug-likeness (QED) is 0.217. The molecule has 33 heavy (non-hydrogen) atoms. The van der Waals surface area contributed by atoms with Crippen molar-refractivity contribution in [2.45, 2.75) is 38.1 Å². The molecule has 0 unspecified atom stereocenters. The molecule has 1 saturated carbocycles. The Labute approximate surface area is 198 Å². The third-order valence-electron chi connectivity index (χ3n) is 5.50. The molecule has 0 bridgehead atoms. The maximum absolute atomic E-state index is 13.0. The lowest BCUT2D eigenvalue weighted by Crippen LogP contribution is -2.39. The summed E-state index contributed by atoms with van der Waals surface area (Å²) in [5.74, 6) is 0.0732. The number of carbonyl (C=O) groups is 1. The largest absolute Gasteiger partial charge is 0.450 e. The van der Waals surface area contributed by atoms with Gasteiger partial charge in [-0.3, -0.25) is 29.9 Å². The van der Waals surface area contributed by atoms with E-state index in [-0.39, 0.29) is 17.7 Å². The summed E-state index contributed by atoms with van der Waals surface area (Å²) in [5.41, 5.74) is -0.244. The fourth-order valence-electron chi connectivity index (χ4n) is 3.93. The normalized spacial score (nSPS) is 18.1. The smallest absolute Gasteiger partial charge is 0.318 e. The number of nitrogens with zero attached hydrogens (tertiary/aromatic N) is 3. The predicted octanol–water partition coefficient (Wildman–Crippen LogP) is 5.83. The van der Waals surface area contributed by atoms with Gasteiger partial charge in [-0.25, -0.2) is 0 Å². The molecule has 0 aromatic heterocycles. The zero-order valence-electron chi connectivity index (χ0n) is 17.3. The number of thioether (sulfide) groups is 1. The summed E-state index contributed by atoms with van der Waals surface area (Å²) in [4.78, 5) is 36.1. The molecule has 1 saturated heterocycles. The molecule has 0 radical (unpaired) electrons. The van der Waals surface area contributed by atoms with Gasteiger partial charge in [0.25, 0.3) is 11.6 Å². The van der Waals surface area contributed by atoms with Gasteiger partial charge >= 0.3 is 5.69 Å². The van der Waals surface area contributed by atoms with Crippen LogP contribution < -0.4 is 4.74 Å². The highest BCUT2D eigenvalue weighted by molar-refractivity contribution is 8.26. The molecule has 170 valence electrons. The summed E-state index contributed by atoms with van der Waals surface area (Å²) in [6, 6.07) is 10.1. The van der Waals surface area contributed by atoms with Crippen LogP contribution in [-0.4, -0.2) is 31.0 Å². The van der Waals surface area contributed by atoms with Crippen LogP contribution in [0.5, 0.6) is 11.5 Å². The van der Waals surface area contributed by atoms with E-state index in [1.165, 1.54) is 24.2 Å². The number of rotatable bonds is 6. The first-order chi connectivity index (χ1) is 15.8. The Bertz CT molecular complexity index is 1180. The van der Waals surface area contributed by atoms with Crippen LogP contribution in [0.25, 0.3) is 6.08 Å². The Morgan fingerprint density at radius 3 is 2.52 bits per heavy atom. The zero-order valence-corrected chi connectivity index (χ0v) is 19.0. The van der Waals surface area contributed by atoms with Gasteiger partial charge in [0.1, 0.15) is 10.1 Å². The maximum atomic E-state index is 13.0. The molecule has 1 heterocycles. The van der Waals surface area contributed by atoms with E-state index in [1.807, 2.05) is 0 Å². The third kappa shape index (κ3) is 5.04. The molecule has 1 aliphatic carbocycles. The van der Waals surface area contributed by atoms with E-state index in [4.69, 9.17) is 17.0 Å². The van der Waals surface area contributed by atoms with Gasteiger partial charge in [0.2, 0.25) is 5.75 Å². The van der Waals surface area contributed by atoms with Gasteiger partial charge in [0, 0.05) is 12.1 Å². The standard InChI is InChI=1S/C22H19N3O6S2/c26-21-20(33-22(32)23(21)15-6-2-1-3-7-15)12-14-5-4-8-17(11-14)31-19-10-9-16(24(27)28)13-18(19)25(29)30/h4-5,8-13,15H,1-3,6-7H2. The summed E-state index contributed by atoms with van der Waals surface area (Å²) >= 11 is 6.73. The molecule has 2 aromatic carbocycles. The second-order valence-electron chi connectivity index (χ2n) is 7.68. The molecule has 2 aromatic rings. The highest BCUT2D eigenvalue weighted by Crippen LogP contribution is 2.38. The molecule has 4 rings (SSSR count). The first-order valence-electron chi connectivity index (χ1n) is 10.3. The number of hydrogen-bond donors (Lipinski definition) is 0. The van der Waals surface area contributed by atoms with Crippen LogP contribution in [0, 0.1) is 20.2 Å². The Kier molecular flexibility index (Phi) is 6.70. The average Bonchev–Trinajstić information content (AvgIpc) is 3.07. The molecule has 2 fully saturated rings. The lowest BCUT2D eigenvalue weighted by atomic mass is 9.94. The van der Waals surface area contributed by atoms with Crippen molar-refractivity contribution in [3.63, 3.8) is 0 Å². The number of nitro benzene ring substituents is 2. The minimum atomic E-state index is -0.733. The van der Waals surface area contributed by atoms with E-state index >= 15 is 0 Å². The van der Waals surface area contributed by atoms with Crippen molar-refractivity contribution in [3.8, 4) is 11.5 Å². The lowest BCUT2D eigenvalue weighted by Gasteiger charge is -2.29. The van der Waals surface area contributed by atoms with E-state index in [9.17, 15) is 25.0 Å². The summed E-state index contributed by atoms with van der Waals surface area (Å²) in [6.45, 7) is 0. The number of nitro groups is 2. The van der Waals surface area contributed by atoms with Crippen molar-refractivity contribution in [1.29, 1.82) is 0 Å². The number of thiocarbonyl (C=S) groups is 1. The Morgan fingerprint density at radius 1 is 1.06 bits per heavy atom. The van der Waals surface area contributed by atoms with Crippen LogP contribution in [0.15, 0.2) is 47.4 Å². The predicted molar refractivity (Wildman–Crippen MR) is 128 cm³/mol. The molecular formula is C22H19N3O6S2. The van der Waals surface area contributed by atoms with Gasteiger partial charge in [0.05, 0.1) is 20.8 Å². The molecule has 11 heteroatoms. The summed E-state index contributed by atoms with van der Waals surface area (Å²) in [7, 11) is 0. The second kappa shape index (κ2) is 9.67. The Morgan fingerprint density at radius 2 is 1.82 bits per heavy atom. The second-order valence-corrected chi connectivity index (χ2v) is 9.36. The fraction of sp³-hybridized carbons (Fsp3) is 0.273. The fourth-order valence-corrected chi connectivity index (χ4v) is 5.33. The lowest BCUT2D eigenvalue weighted by molar-refractivity contribution is -0.394. The zero-order chi connectivity index (χ0) is 23.5. The minimum absolute atomic E-state index is 0.103.